The van der Waals surface area contributed by atoms with Crippen LogP contribution >= 0.6 is 0 Å². The largest absolute Gasteiger partial charge is 0.438 e. The third-order valence-corrected chi connectivity index (χ3v) is 6.14. The van der Waals surface area contributed by atoms with E-state index in [4.69, 9.17) is 4.74 Å². The van der Waals surface area contributed by atoms with Crippen molar-refractivity contribution in [3.05, 3.63) is 84.2 Å². The number of rotatable bonds is 7. The van der Waals surface area contributed by atoms with Crippen molar-refractivity contribution in [1.29, 1.82) is 0 Å². The van der Waals surface area contributed by atoms with Crippen LogP contribution in [0, 0.1) is 5.82 Å². The minimum Gasteiger partial charge on any atom is -0.438 e. The molecular formula is C25H26FN3O3. The van der Waals surface area contributed by atoms with E-state index in [1.54, 1.807) is 29.4 Å². The average molecular weight is 435 g/mol. The zero-order valence-corrected chi connectivity index (χ0v) is 17.9. The molecule has 1 aliphatic heterocycles. The van der Waals surface area contributed by atoms with E-state index >= 15 is 0 Å². The van der Waals surface area contributed by atoms with Crippen molar-refractivity contribution in [3.8, 4) is 11.1 Å². The van der Waals surface area contributed by atoms with Gasteiger partial charge in [-0.25, -0.2) is 19.2 Å². The summed E-state index contributed by atoms with van der Waals surface area (Å²) in [4.78, 5) is 22.9. The molecule has 2 heterocycles. The summed E-state index contributed by atoms with van der Waals surface area (Å²) in [6.45, 7) is 2.47. The lowest BCUT2D eigenvalue weighted by molar-refractivity contribution is -0.0680. The van der Waals surface area contributed by atoms with Crippen molar-refractivity contribution in [1.82, 2.24) is 14.9 Å². The van der Waals surface area contributed by atoms with Crippen LogP contribution in [0.5, 0.6) is 0 Å². The third-order valence-electron chi connectivity index (χ3n) is 6.14. The number of hydrogen-bond acceptors (Lipinski definition) is 5. The fourth-order valence-electron chi connectivity index (χ4n) is 4.24. The van der Waals surface area contributed by atoms with Gasteiger partial charge in [0, 0.05) is 37.5 Å². The van der Waals surface area contributed by atoms with Gasteiger partial charge in [0.05, 0.1) is 6.04 Å². The molecule has 0 radical (unpaired) electrons. The van der Waals surface area contributed by atoms with Crippen molar-refractivity contribution in [3.63, 3.8) is 0 Å². The predicted octanol–water partition coefficient (Wildman–Crippen LogP) is 4.85. The fraction of sp³-hybridized carbons (Fsp3) is 0.320. The third kappa shape index (κ3) is 4.48. The summed E-state index contributed by atoms with van der Waals surface area (Å²) in [6.07, 6.45) is 6.14. The van der Waals surface area contributed by atoms with E-state index in [1.165, 1.54) is 18.5 Å². The molecule has 6 nitrogen and oxygen atoms in total. The molecule has 4 rings (SSSR count). The number of aliphatic hydroxyl groups is 1. The summed E-state index contributed by atoms with van der Waals surface area (Å²) in [6, 6.07) is 13.9. The molecule has 1 N–H and O–H groups in total. The standard InChI is InChI=1S/C25H26FN3O3/c1-18(19-3-5-20(6-4-19)21-15-27-17-28-16-21)29-13-12-25(11-2-14-30,32-24(29)31)22-7-9-23(26)10-8-22/h3-10,15-18,30H,2,11-14H2,1H3/t18?,25-/m1/s1. The summed E-state index contributed by atoms with van der Waals surface area (Å²) in [7, 11) is 0. The van der Waals surface area contributed by atoms with E-state index in [9.17, 15) is 14.3 Å². The van der Waals surface area contributed by atoms with Gasteiger partial charge in [0.25, 0.3) is 0 Å². The summed E-state index contributed by atoms with van der Waals surface area (Å²) >= 11 is 0. The van der Waals surface area contributed by atoms with Gasteiger partial charge in [-0.05, 0) is 48.6 Å². The Hall–Kier alpha value is -3.32. The Morgan fingerprint density at radius 2 is 1.78 bits per heavy atom. The van der Waals surface area contributed by atoms with Gasteiger partial charge < -0.3 is 14.7 Å². The number of aromatic nitrogens is 2. The van der Waals surface area contributed by atoms with Crippen molar-refractivity contribution < 1.29 is 19.0 Å². The maximum atomic E-state index is 13.4. The maximum Gasteiger partial charge on any atom is 0.411 e. The number of aliphatic hydroxyl groups excluding tert-OH is 1. The molecule has 166 valence electrons. The quantitative estimate of drug-likeness (QED) is 0.574. The molecule has 3 aromatic rings. The van der Waals surface area contributed by atoms with Gasteiger partial charge in [0.1, 0.15) is 17.7 Å². The zero-order valence-electron chi connectivity index (χ0n) is 17.9. The normalized spacial score (nSPS) is 19.5. The van der Waals surface area contributed by atoms with Crippen molar-refractivity contribution in [2.24, 2.45) is 0 Å². The highest BCUT2D eigenvalue weighted by Crippen LogP contribution is 2.40. The lowest BCUT2D eigenvalue weighted by Crippen LogP contribution is -2.48. The van der Waals surface area contributed by atoms with E-state index in [0.717, 1.165) is 22.3 Å². The number of cyclic esters (lactones) is 1. The molecule has 32 heavy (non-hydrogen) atoms. The molecular weight excluding hydrogens is 409 g/mol. The molecule has 7 heteroatoms. The molecule has 1 amide bonds. The van der Waals surface area contributed by atoms with Crippen LogP contribution in [0.3, 0.4) is 0 Å². The monoisotopic (exact) mass is 435 g/mol. The molecule has 1 aliphatic rings. The van der Waals surface area contributed by atoms with Gasteiger partial charge in [-0.3, -0.25) is 0 Å². The second kappa shape index (κ2) is 9.44. The molecule has 2 atom stereocenters. The molecule has 1 fully saturated rings. The topological polar surface area (TPSA) is 75.6 Å². The number of halogens is 1. The van der Waals surface area contributed by atoms with E-state index in [1.807, 2.05) is 31.2 Å². The van der Waals surface area contributed by atoms with Crippen LogP contribution in [0.4, 0.5) is 9.18 Å². The highest BCUT2D eigenvalue weighted by Gasteiger charge is 2.43. The first kappa shape index (κ1) is 21.9. The summed E-state index contributed by atoms with van der Waals surface area (Å²) < 4.78 is 19.4. The maximum absolute atomic E-state index is 13.4. The first-order valence-electron chi connectivity index (χ1n) is 10.7. The Bertz CT molecular complexity index is 1040. The molecule has 0 bridgehead atoms. The van der Waals surface area contributed by atoms with Gasteiger partial charge in [-0.2, -0.15) is 0 Å². The Morgan fingerprint density at radius 1 is 1.09 bits per heavy atom. The van der Waals surface area contributed by atoms with E-state index in [2.05, 4.69) is 9.97 Å². The Labute approximate surface area is 186 Å². The number of amides is 1. The predicted molar refractivity (Wildman–Crippen MR) is 118 cm³/mol. The second-order valence-corrected chi connectivity index (χ2v) is 8.06. The second-order valence-electron chi connectivity index (χ2n) is 8.06. The highest BCUT2D eigenvalue weighted by atomic mass is 19.1. The number of benzene rings is 2. The molecule has 2 aromatic carbocycles. The van der Waals surface area contributed by atoms with Crippen LogP contribution < -0.4 is 0 Å². The van der Waals surface area contributed by atoms with Gasteiger partial charge in [-0.1, -0.05) is 36.4 Å². The average Bonchev–Trinajstić information content (AvgIpc) is 2.83. The highest BCUT2D eigenvalue weighted by molar-refractivity contribution is 5.70. The number of nitrogens with zero attached hydrogens (tertiary/aromatic N) is 3. The first-order chi connectivity index (χ1) is 15.5. The number of carbonyl (C=O) groups excluding carboxylic acids is 1. The Balaban J connectivity index is 1.51. The lowest BCUT2D eigenvalue weighted by atomic mass is 9.84. The van der Waals surface area contributed by atoms with Gasteiger partial charge >= 0.3 is 6.09 Å². The first-order valence-corrected chi connectivity index (χ1v) is 10.7. The van der Waals surface area contributed by atoms with Crippen LogP contribution in [0.1, 0.15) is 43.4 Å². The molecule has 1 aromatic heterocycles. The van der Waals surface area contributed by atoms with Crippen molar-refractivity contribution in [2.75, 3.05) is 13.2 Å². The van der Waals surface area contributed by atoms with E-state index < -0.39 is 11.7 Å². The van der Waals surface area contributed by atoms with Gasteiger partial charge in [0.2, 0.25) is 0 Å². The van der Waals surface area contributed by atoms with Crippen molar-refractivity contribution >= 4 is 6.09 Å². The van der Waals surface area contributed by atoms with Crippen LogP contribution in [-0.4, -0.2) is 39.2 Å². The SMILES string of the molecule is CC(c1ccc(-c2cncnc2)cc1)N1CC[C@](CCCO)(c2ccc(F)cc2)OC1=O. The van der Waals surface area contributed by atoms with Crippen LogP contribution in [0.25, 0.3) is 11.1 Å². The molecule has 1 saturated heterocycles. The van der Waals surface area contributed by atoms with Gasteiger partial charge in [-0.15, -0.1) is 0 Å². The van der Waals surface area contributed by atoms with E-state index in [-0.39, 0.29) is 18.5 Å². The van der Waals surface area contributed by atoms with Crippen LogP contribution in [-0.2, 0) is 10.3 Å². The Kier molecular flexibility index (Phi) is 6.46. The lowest BCUT2D eigenvalue weighted by Gasteiger charge is -2.43. The Morgan fingerprint density at radius 3 is 2.41 bits per heavy atom. The fourth-order valence-corrected chi connectivity index (χ4v) is 4.24. The summed E-state index contributed by atoms with van der Waals surface area (Å²) in [5.41, 5.74) is 2.81. The minimum atomic E-state index is -0.860. The minimum absolute atomic E-state index is 0.000580. The molecule has 0 saturated carbocycles. The van der Waals surface area contributed by atoms with E-state index in [0.29, 0.717) is 25.8 Å². The molecule has 1 unspecified atom stereocenters. The smallest absolute Gasteiger partial charge is 0.411 e. The number of ether oxygens (including phenoxy) is 1. The summed E-state index contributed by atoms with van der Waals surface area (Å²) in [5.74, 6) is -0.339. The van der Waals surface area contributed by atoms with Crippen molar-refractivity contribution in [2.45, 2.75) is 37.8 Å². The number of carbonyl (C=O) groups is 1. The summed E-state index contributed by atoms with van der Waals surface area (Å²) in [5, 5.41) is 9.34. The number of hydrogen-bond donors (Lipinski definition) is 1. The van der Waals surface area contributed by atoms with Crippen LogP contribution in [0.2, 0.25) is 0 Å². The molecule has 0 spiro atoms. The van der Waals surface area contributed by atoms with Crippen LogP contribution in [0.15, 0.2) is 67.3 Å². The molecule has 0 aliphatic carbocycles. The zero-order chi connectivity index (χ0) is 22.6. The van der Waals surface area contributed by atoms with Gasteiger partial charge in [0.15, 0.2) is 0 Å².